The summed E-state index contributed by atoms with van der Waals surface area (Å²) in [4.78, 5) is 0. The number of nitrogens with two attached hydrogens (primary N) is 1. The first-order chi connectivity index (χ1) is 8.38. The summed E-state index contributed by atoms with van der Waals surface area (Å²) in [5.74, 6) is 0. The Hall–Kier alpha value is -0.653. The van der Waals surface area contributed by atoms with Gasteiger partial charge in [0.2, 0.25) is 0 Å². The number of nitrogens with zero attached hydrogens (tertiary/aromatic N) is 2. The lowest BCUT2D eigenvalue weighted by atomic mass is 10.2. The Morgan fingerprint density at radius 1 is 1.44 bits per heavy atom. The van der Waals surface area contributed by atoms with Crippen molar-refractivity contribution in [1.82, 2.24) is 9.78 Å². The van der Waals surface area contributed by atoms with Gasteiger partial charge in [-0.1, -0.05) is 19.6 Å². The van der Waals surface area contributed by atoms with Crippen LogP contribution < -0.4 is 5.73 Å². The first-order valence-corrected chi connectivity index (χ1v) is 10.5. The van der Waals surface area contributed by atoms with Crippen LogP contribution in [0, 0.1) is 6.92 Å². The standard InChI is InChI=1S/C13H25N3OSi/c1-10-11-5-6-12(14)13(11)15-16(10)9-17-7-8-18(2,3)4/h12H,5-9,14H2,1-4H3/t12-/m1/s1. The van der Waals surface area contributed by atoms with Crippen molar-refractivity contribution >= 4 is 8.07 Å². The van der Waals surface area contributed by atoms with Crippen LogP contribution in [-0.4, -0.2) is 24.5 Å². The van der Waals surface area contributed by atoms with Crippen LogP contribution in [0.25, 0.3) is 0 Å². The Morgan fingerprint density at radius 3 is 2.78 bits per heavy atom. The fourth-order valence-corrected chi connectivity index (χ4v) is 3.06. The molecule has 2 rings (SSSR count). The molecule has 0 aliphatic heterocycles. The zero-order chi connectivity index (χ0) is 13.3. The molecule has 5 heteroatoms. The maximum Gasteiger partial charge on any atom is 0.139 e. The van der Waals surface area contributed by atoms with Crippen molar-refractivity contribution in [3.05, 3.63) is 17.0 Å². The van der Waals surface area contributed by atoms with Crippen LogP contribution in [0.15, 0.2) is 0 Å². The number of hydrogen-bond donors (Lipinski definition) is 1. The van der Waals surface area contributed by atoms with Gasteiger partial charge in [0.1, 0.15) is 6.73 Å². The van der Waals surface area contributed by atoms with E-state index in [0.29, 0.717) is 6.73 Å². The van der Waals surface area contributed by atoms with Gasteiger partial charge < -0.3 is 10.5 Å². The van der Waals surface area contributed by atoms with Crippen molar-refractivity contribution in [2.45, 2.75) is 58.2 Å². The zero-order valence-electron chi connectivity index (χ0n) is 12.0. The van der Waals surface area contributed by atoms with E-state index in [9.17, 15) is 0 Å². The minimum atomic E-state index is -0.996. The van der Waals surface area contributed by atoms with Crippen molar-refractivity contribution in [2.24, 2.45) is 5.73 Å². The molecule has 1 aliphatic rings. The molecule has 1 atom stereocenters. The number of ether oxygens (including phenoxy) is 1. The molecule has 0 bridgehead atoms. The van der Waals surface area contributed by atoms with E-state index in [1.807, 2.05) is 4.68 Å². The van der Waals surface area contributed by atoms with Gasteiger partial charge >= 0.3 is 0 Å². The molecule has 1 aromatic rings. The average molecular weight is 267 g/mol. The summed E-state index contributed by atoms with van der Waals surface area (Å²) in [6, 6.07) is 1.33. The zero-order valence-corrected chi connectivity index (χ0v) is 13.0. The van der Waals surface area contributed by atoms with E-state index in [2.05, 4.69) is 31.7 Å². The molecule has 0 amide bonds. The largest absolute Gasteiger partial charge is 0.360 e. The maximum atomic E-state index is 6.03. The van der Waals surface area contributed by atoms with E-state index in [1.165, 1.54) is 17.3 Å². The summed E-state index contributed by atoms with van der Waals surface area (Å²) in [6.45, 7) is 10.6. The van der Waals surface area contributed by atoms with Gasteiger partial charge in [0.05, 0.1) is 5.69 Å². The highest BCUT2D eigenvalue weighted by atomic mass is 28.3. The van der Waals surface area contributed by atoms with Gasteiger partial charge in [0.25, 0.3) is 0 Å². The van der Waals surface area contributed by atoms with Crippen LogP contribution in [-0.2, 0) is 17.9 Å². The highest BCUT2D eigenvalue weighted by molar-refractivity contribution is 6.76. The minimum absolute atomic E-state index is 0.127. The van der Waals surface area contributed by atoms with E-state index in [1.54, 1.807) is 0 Å². The normalized spacial score (nSPS) is 19.3. The molecule has 4 nitrogen and oxygen atoms in total. The lowest BCUT2D eigenvalue weighted by Crippen LogP contribution is -2.22. The molecular formula is C13H25N3OSi. The predicted molar refractivity (Wildman–Crippen MR) is 76.3 cm³/mol. The van der Waals surface area contributed by atoms with E-state index in [4.69, 9.17) is 10.5 Å². The van der Waals surface area contributed by atoms with Gasteiger partial charge in [-0.25, -0.2) is 4.68 Å². The molecular weight excluding hydrogens is 242 g/mol. The predicted octanol–water partition coefficient (Wildman–Crippen LogP) is 2.45. The summed E-state index contributed by atoms with van der Waals surface area (Å²) < 4.78 is 7.71. The van der Waals surface area contributed by atoms with E-state index in [0.717, 1.165) is 25.1 Å². The molecule has 1 aromatic heterocycles. The second-order valence-electron chi connectivity index (χ2n) is 6.44. The highest BCUT2D eigenvalue weighted by Crippen LogP contribution is 2.30. The smallest absolute Gasteiger partial charge is 0.139 e. The third kappa shape index (κ3) is 3.02. The minimum Gasteiger partial charge on any atom is -0.360 e. The Kier molecular flexibility index (Phi) is 3.94. The topological polar surface area (TPSA) is 53.1 Å². The second-order valence-corrected chi connectivity index (χ2v) is 12.1. The van der Waals surface area contributed by atoms with Gasteiger partial charge in [-0.3, -0.25) is 0 Å². The molecule has 0 spiro atoms. The number of fused-ring (bicyclic) bond motifs is 1. The summed E-state index contributed by atoms with van der Waals surface area (Å²) >= 11 is 0. The van der Waals surface area contributed by atoms with Crippen molar-refractivity contribution in [1.29, 1.82) is 0 Å². The average Bonchev–Trinajstić information content (AvgIpc) is 2.76. The third-order valence-electron chi connectivity index (χ3n) is 3.63. The van der Waals surface area contributed by atoms with Crippen molar-refractivity contribution in [2.75, 3.05) is 6.61 Å². The van der Waals surface area contributed by atoms with Crippen LogP contribution in [0.5, 0.6) is 0 Å². The molecule has 18 heavy (non-hydrogen) atoms. The molecule has 2 N–H and O–H groups in total. The molecule has 0 unspecified atom stereocenters. The maximum absolute atomic E-state index is 6.03. The fourth-order valence-electron chi connectivity index (χ4n) is 2.31. The van der Waals surface area contributed by atoms with E-state index < -0.39 is 8.07 Å². The second kappa shape index (κ2) is 5.15. The lowest BCUT2D eigenvalue weighted by Gasteiger charge is -2.15. The highest BCUT2D eigenvalue weighted by Gasteiger charge is 2.25. The molecule has 1 aliphatic carbocycles. The molecule has 0 radical (unpaired) electrons. The van der Waals surface area contributed by atoms with Gasteiger partial charge in [-0.15, -0.1) is 0 Å². The number of hydrogen-bond acceptors (Lipinski definition) is 3. The van der Waals surface area contributed by atoms with Gasteiger partial charge in [-0.2, -0.15) is 5.10 Å². The first kappa shape index (κ1) is 13.8. The molecule has 0 aromatic carbocycles. The Morgan fingerprint density at radius 2 is 2.17 bits per heavy atom. The van der Waals surface area contributed by atoms with Crippen LogP contribution in [0.4, 0.5) is 0 Å². The third-order valence-corrected chi connectivity index (χ3v) is 5.33. The summed E-state index contributed by atoms with van der Waals surface area (Å²) in [7, 11) is -0.996. The van der Waals surface area contributed by atoms with E-state index >= 15 is 0 Å². The molecule has 0 fully saturated rings. The number of rotatable bonds is 5. The van der Waals surface area contributed by atoms with Gasteiger partial charge in [-0.05, 0) is 31.4 Å². The fraction of sp³-hybridized carbons (Fsp3) is 0.769. The van der Waals surface area contributed by atoms with Gasteiger partial charge in [0, 0.05) is 26.4 Å². The van der Waals surface area contributed by atoms with Crippen LogP contribution in [0.1, 0.15) is 29.4 Å². The van der Waals surface area contributed by atoms with E-state index in [-0.39, 0.29) is 6.04 Å². The number of aromatic nitrogens is 2. The van der Waals surface area contributed by atoms with Crippen LogP contribution in [0.2, 0.25) is 25.7 Å². The quantitative estimate of drug-likeness (QED) is 0.658. The van der Waals surface area contributed by atoms with Crippen molar-refractivity contribution in [3.63, 3.8) is 0 Å². The molecule has 0 saturated carbocycles. The Labute approximate surface area is 111 Å². The Bertz CT molecular complexity index is 423. The van der Waals surface area contributed by atoms with Crippen molar-refractivity contribution < 1.29 is 4.74 Å². The van der Waals surface area contributed by atoms with Crippen LogP contribution in [0.3, 0.4) is 0 Å². The Balaban J connectivity index is 1.89. The molecule has 102 valence electrons. The summed E-state index contributed by atoms with van der Waals surface area (Å²) in [6.07, 6.45) is 2.10. The van der Waals surface area contributed by atoms with Crippen LogP contribution >= 0.6 is 0 Å². The molecule has 1 heterocycles. The SMILES string of the molecule is Cc1c2c(nn1COCC[Si](C)(C)C)[C@H](N)CC2. The summed E-state index contributed by atoms with van der Waals surface area (Å²) in [5, 5.41) is 4.58. The monoisotopic (exact) mass is 267 g/mol. The van der Waals surface area contributed by atoms with Gasteiger partial charge in [0.15, 0.2) is 0 Å². The van der Waals surface area contributed by atoms with Crippen molar-refractivity contribution in [3.8, 4) is 0 Å². The lowest BCUT2D eigenvalue weighted by molar-refractivity contribution is 0.0766. The molecule has 0 saturated heterocycles. The first-order valence-electron chi connectivity index (χ1n) is 6.78. The summed E-state index contributed by atoms with van der Waals surface area (Å²) in [5.41, 5.74) is 9.69.